The van der Waals surface area contributed by atoms with E-state index in [4.69, 9.17) is 105 Å². The molecule has 0 bridgehead atoms. The normalized spacial score (nSPS) is 13.8. The number of alkyl halides is 8. The summed E-state index contributed by atoms with van der Waals surface area (Å²) >= 11 is 39.0. The van der Waals surface area contributed by atoms with Gasteiger partial charge in [-0.05, 0) is 0 Å². The monoisotopic (exact) mass is 788 g/mol. The topological polar surface area (TPSA) is 105 Å². The molecule has 0 radical (unpaired) electrons. The average Bonchev–Trinajstić information content (AvgIpc) is 2.72. The summed E-state index contributed by atoms with van der Waals surface area (Å²) in [5, 5.41) is 0. The number of ketones is 4. The number of carbonyl (C=O) groups excluding carboxylic acids is 4. The van der Waals surface area contributed by atoms with Crippen LogP contribution >= 0.6 is 92.8 Å². The van der Waals surface area contributed by atoms with Gasteiger partial charge in [-0.15, -0.1) is 0 Å². The first-order valence-electron chi connectivity index (χ1n) is 9.66. The summed E-state index contributed by atoms with van der Waals surface area (Å²) < 4.78 is 23.2. The van der Waals surface area contributed by atoms with E-state index in [0.717, 1.165) is 24.3 Å². The van der Waals surface area contributed by atoms with Crippen molar-refractivity contribution in [2.24, 2.45) is 0 Å². The molecule has 0 spiro atoms. The zero-order valence-corrected chi connectivity index (χ0v) is 28.3. The molecule has 17 heteroatoms. The number of halogens is 8. The van der Waals surface area contributed by atoms with E-state index in [1.54, 1.807) is 0 Å². The van der Waals surface area contributed by atoms with Crippen LogP contribution in [0.4, 0.5) is 0 Å². The summed E-state index contributed by atoms with van der Waals surface area (Å²) in [5.74, 6) is -3.57. The van der Waals surface area contributed by atoms with E-state index in [-0.39, 0.29) is 23.0 Å². The second-order valence-electron chi connectivity index (χ2n) is 6.74. The average molecular weight is 791 g/mol. The van der Waals surface area contributed by atoms with Crippen molar-refractivity contribution in [3.8, 4) is 0 Å². The van der Waals surface area contributed by atoms with Crippen LogP contribution in [0.2, 0.25) is 0 Å². The number of hydrogen-bond acceptors (Lipinski definition) is 8. The van der Waals surface area contributed by atoms with Crippen LogP contribution in [-0.2, 0) is 31.5 Å². The number of allylic oxidation sites excluding steroid dienone is 8. The first-order valence-corrected chi connectivity index (χ1v) is 17.8. The zero-order chi connectivity index (χ0) is 29.1. The Hall–Kier alpha value is -0.0413. The quantitative estimate of drug-likeness (QED) is 0.0747. The Bertz CT molecular complexity index is 831. The molecule has 0 aliphatic heterocycles. The fourth-order valence-electron chi connectivity index (χ4n) is 2.08. The molecule has 0 rings (SSSR count). The van der Waals surface area contributed by atoms with E-state index in [9.17, 15) is 19.2 Å². The second kappa shape index (κ2) is 17.6. The summed E-state index contributed by atoms with van der Waals surface area (Å²) in [5.41, 5.74) is 0. The van der Waals surface area contributed by atoms with Crippen LogP contribution in [0.3, 0.4) is 0 Å². The Morgan fingerprint density at radius 2 is 0.622 bits per heavy atom. The van der Waals surface area contributed by atoms with Crippen LogP contribution < -0.4 is 0 Å². The van der Waals surface area contributed by atoms with Gasteiger partial charge in [-0.3, -0.25) is 0 Å². The molecule has 0 unspecified atom stereocenters. The zero-order valence-electron chi connectivity index (χ0n) is 19.4. The van der Waals surface area contributed by atoms with E-state index in [0.29, 0.717) is 0 Å². The number of hydrogen-bond donors (Lipinski definition) is 0. The van der Waals surface area contributed by atoms with Crippen LogP contribution in [0.1, 0.15) is 27.7 Å². The molecule has 0 aliphatic carbocycles. The van der Waals surface area contributed by atoms with Gasteiger partial charge in [0, 0.05) is 0 Å². The maximum atomic E-state index is 12.0. The maximum absolute atomic E-state index is 12.0. The van der Waals surface area contributed by atoms with Crippen molar-refractivity contribution in [1.82, 2.24) is 0 Å². The van der Waals surface area contributed by atoms with Crippen LogP contribution in [0.5, 0.6) is 0 Å². The third-order valence-corrected chi connectivity index (χ3v) is 11.6. The van der Waals surface area contributed by atoms with Crippen LogP contribution in [0.25, 0.3) is 0 Å². The molecule has 0 heterocycles. The van der Waals surface area contributed by atoms with Gasteiger partial charge in [0.2, 0.25) is 0 Å². The Kier molecular flexibility index (Phi) is 17.6. The van der Waals surface area contributed by atoms with E-state index < -0.39 is 62.5 Å². The van der Waals surface area contributed by atoms with Crippen molar-refractivity contribution in [3.63, 3.8) is 0 Å². The molecule has 0 N–H and O–H groups in total. The van der Waals surface area contributed by atoms with E-state index in [1.807, 2.05) is 0 Å². The predicted molar refractivity (Wildman–Crippen MR) is 147 cm³/mol. The van der Waals surface area contributed by atoms with Gasteiger partial charge in [-0.25, -0.2) is 0 Å². The van der Waals surface area contributed by atoms with Crippen LogP contribution in [-0.4, -0.2) is 62.5 Å². The number of carbonyl (C=O) groups is 4. The minimum atomic E-state index is -5.67. The summed E-state index contributed by atoms with van der Waals surface area (Å²) in [6.45, 7) is 5.29. The fraction of sp³-hybridized carbons (Fsp3) is 0.400. The third-order valence-electron chi connectivity index (χ3n) is 3.39. The molecule has 0 aromatic carbocycles. The number of rotatable bonds is 16. The molecule has 0 atom stereocenters. The standard InChI is InChI=1S/4C5H6Cl2O2.Sn/c4*1-3(8)2-4(9)5(6)7;/h4*2,5,8H,1H3;/q;;;;+4/p-4/b4*3-2-;. The second-order valence-corrected chi connectivity index (χ2v) is 16.3. The SMILES string of the molecule is C/C(=C/C(=O)C(Cl)Cl)[O][Sn]([O]/C(C)=C\C(=O)C(Cl)Cl)([O]/C(C)=C\C(=O)C(Cl)Cl)[O]/C(C)=C\C(=O)C(Cl)Cl. The molecule has 0 saturated carbocycles. The summed E-state index contributed by atoms with van der Waals surface area (Å²) in [6.07, 6.45) is 3.72. The van der Waals surface area contributed by atoms with Gasteiger partial charge in [0.1, 0.15) is 0 Å². The minimum absolute atomic E-state index is 0.142. The summed E-state index contributed by atoms with van der Waals surface area (Å²) in [7, 11) is 0. The van der Waals surface area contributed by atoms with Gasteiger partial charge in [0.25, 0.3) is 0 Å². The molecule has 0 fully saturated rings. The molecule has 0 aromatic rings. The molecule has 0 saturated heterocycles. The summed E-state index contributed by atoms with van der Waals surface area (Å²) in [4.78, 5) is 42.3. The molecular weight excluding hydrogens is 771 g/mol. The Labute approximate surface area is 259 Å². The van der Waals surface area contributed by atoms with E-state index >= 15 is 0 Å². The molecule has 0 amide bonds. The molecule has 37 heavy (non-hydrogen) atoms. The Morgan fingerprint density at radius 3 is 0.757 bits per heavy atom. The van der Waals surface area contributed by atoms with Crippen LogP contribution in [0.15, 0.2) is 47.3 Å². The molecule has 0 aromatic heterocycles. The fourth-order valence-corrected chi connectivity index (χ4v) is 8.48. The van der Waals surface area contributed by atoms with Crippen molar-refractivity contribution in [2.75, 3.05) is 0 Å². The van der Waals surface area contributed by atoms with Gasteiger partial charge in [-0.1, -0.05) is 0 Å². The van der Waals surface area contributed by atoms with Gasteiger partial charge in [0.15, 0.2) is 0 Å². The first kappa shape index (κ1) is 37.0. The molecule has 208 valence electrons. The molecule has 0 aliphatic rings. The van der Waals surface area contributed by atoms with Crippen LogP contribution in [0, 0.1) is 0 Å². The van der Waals surface area contributed by atoms with E-state index in [2.05, 4.69) is 0 Å². The molecule has 8 nitrogen and oxygen atoms in total. The molecular formula is C20H20Cl8O8Sn. The van der Waals surface area contributed by atoms with E-state index in [1.165, 1.54) is 27.7 Å². The van der Waals surface area contributed by atoms with Gasteiger partial charge in [-0.2, -0.15) is 0 Å². The van der Waals surface area contributed by atoms with Crippen molar-refractivity contribution in [2.45, 2.75) is 47.0 Å². The van der Waals surface area contributed by atoms with Gasteiger partial charge >= 0.3 is 262 Å². The van der Waals surface area contributed by atoms with Crippen molar-refractivity contribution in [3.05, 3.63) is 47.3 Å². The van der Waals surface area contributed by atoms with Crippen molar-refractivity contribution < 1.29 is 31.5 Å². The predicted octanol–water partition coefficient (Wildman–Crippen LogP) is 6.59. The summed E-state index contributed by atoms with van der Waals surface area (Å²) in [6, 6.07) is 0. The first-order chi connectivity index (χ1) is 16.9. The van der Waals surface area contributed by atoms with Gasteiger partial charge in [0.05, 0.1) is 0 Å². The third kappa shape index (κ3) is 15.4. The Balaban J connectivity index is 6.83. The van der Waals surface area contributed by atoms with Gasteiger partial charge < -0.3 is 0 Å². The van der Waals surface area contributed by atoms with Crippen molar-refractivity contribution in [1.29, 1.82) is 0 Å². The Morgan fingerprint density at radius 1 is 0.459 bits per heavy atom. The van der Waals surface area contributed by atoms with Crippen molar-refractivity contribution >= 4 is 136 Å².